The molecular weight excluding hydrogens is 240 g/mol. The summed E-state index contributed by atoms with van der Waals surface area (Å²) < 4.78 is 13.6. The zero-order valence-electron chi connectivity index (χ0n) is 2.15. The summed E-state index contributed by atoms with van der Waals surface area (Å²) >= 11 is 3.88. The first-order chi connectivity index (χ1) is 2.00. The summed E-state index contributed by atoms with van der Waals surface area (Å²) in [5, 5.41) is 0. The number of halogens is 2. The molecule has 2 nitrogen and oxygen atoms in total. The molecule has 0 unspecified atom stereocenters. The molecule has 0 aliphatic rings. The standard InChI is InChI=1S/2BrHO.Ti/c2*1-2;/h2*2H;. The molecule has 0 amide bonds. The third-order valence-corrected chi connectivity index (χ3v) is 0. The predicted molar refractivity (Wildman–Crippen MR) is 22.3 cm³/mol. The van der Waals surface area contributed by atoms with Crippen molar-refractivity contribution in [2.24, 2.45) is 0 Å². The van der Waals surface area contributed by atoms with Crippen molar-refractivity contribution >= 4 is 32.5 Å². The summed E-state index contributed by atoms with van der Waals surface area (Å²) in [6.07, 6.45) is 0. The average Bonchev–Trinajstić information content (AvgIpc) is 1.50. The minimum absolute atomic E-state index is 0. The molecule has 0 bridgehead atoms. The van der Waals surface area contributed by atoms with Gasteiger partial charge in [0.05, 0.1) is 32.5 Å². The van der Waals surface area contributed by atoms with E-state index in [0.29, 0.717) is 0 Å². The van der Waals surface area contributed by atoms with Crippen LogP contribution in [0.15, 0.2) is 0 Å². The van der Waals surface area contributed by atoms with Gasteiger partial charge in [0.1, 0.15) is 0 Å². The van der Waals surface area contributed by atoms with E-state index in [1.165, 1.54) is 0 Å². The molecule has 5 heteroatoms. The molecule has 0 aromatic carbocycles. The number of rotatable bonds is 0. The maximum atomic E-state index is 6.81. The molecule has 0 rings (SSSR count). The minimum Gasteiger partial charge on any atom is -0.324 e. The van der Waals surface area contributed by atoms with E-state index in [2.05, 4.69) is 0 Å². The van der Waals surface area contributed by atoms with Crippen LogP contribution < -0.4 is 0 Å². The Morgan fingerprint density at radius 3 is 0.800 bits per heavy atom. The molecule has 2 N–H and O–H groups in total. The van der Waals surface area contributed by atoms with Crippen LogP contribution >= 0.6 is 32.5 Å². The minimum atomic E-state index is 0. The fourth-order valence-electron chi connectivity index (χ4n) is 0. The zero-order valence-corrected chi connectivity index (χ0v) is 6.88. The van der Waals surface area contributed by atoms with Gasteiger partial charge in [0.2, 0.25) is 0 Å². The van der Waals surface area contributed by atoms with Gasteiger partial charge in [-0.3, -0.25) is 0 Å². The van der Waals surface area contributed by atoms with E-state index in [9.17, 15) is 0 Å². The van der Waals surface area contributed by atoms with Crippen LogP contribution in [0.5, 0.6) is 0 Å². The molecule has 5 heavy (non-hydrogen) atoms. The topological polar surface area (TPSA) is 40.5 Å². The molecule has 0 fully saturated rings. The van der Waals surface area contributed by atoms with E-state index in [0.717, 1.165) is 0 Å². The molecule has 0 radical (unpaired) electrons. The Balaban J connectivity index is -0.0000000133. The van der Waals surface area contributed by atoms with E-state index in [4.69, 9.17) is 8.40 Å². The summed E-state index contributed by atoms with van der Waals surface area (Å²) in [5.74, 6) is 0. The van der Waals surface area contributed by atoms with Crippen LogP contribution in [0.1, 0.15) is 0 Å². The van der Waals surface area contributed by atoms with Gasteiger partial charge in [0, 0.05) is 21.7 Å². The van der Waals surface area contributed by atoms with Gasteiger partial charge in [-0.1, -0.05) is 0 Å². The second-order valence-corrected chi connectivity index (χ2v) is 0. The van der Waals surface area contributed by atoms with Crippen LogP contribution in [-0.2, 0) is 21.7 Å². The van der Waals surface area contributed by atoms with E-state index in [-0.39, 0.29) is 21.7 Å². The third kappa shape index (κ3) is 28.4. The van der Waals surface area contributed by atoms with Gasteiger partial charge in [-0.2, -0.15) is 0 Å². The molecule has 0 aliphatic heterocycles. The molecule has 0 saturated carbocycles. The van der Waals surface area contributed by atoms with E-state index in [1.54, 1.807) is 0 Å². The average molecular weight is 242 g/mol. The van der Waals surface area contributed by atoms with Gasteiger partial charge >= 0.3 is 0 Å². The Labute approximate surface area is 62.4 Å². The van der Waals surface area contributed by atoms with Crippen molar-refractivity contribution in [2.45, 2.75) is 0 Å². The number of hydrogen-bond donors (Lipinski definition) is 2. The van der Waals surface area contributed by atoms with Crippen LogP contribution in [0, 0.1) is 0 Å². The smallest absolute Gasteiger partial charge is 0.0957 e. The summed E-state index contributed by atoms with van der Waals surface area (Å²) in [5.41, 5.74) is 0. The Hall–Kier alpha value is 1.59. The molecule has 0 heterocycles. The summed E-state index contributed by atoms with van der Waals surface area (Å²) in [7, 11) is 0. The summed E-state index contributed by atoms with van der Waals surface area (Å²) in [6, 6.07) is 0. The van der Waals surface area contributed by atoms with Crippen molar-refractivity contribution in [3.63, 3.8) is 0 Å². The quantitative estimate of drug-likeness (QED) is 0.609. The van der Waals surface area contributed by atoms with Crippen molar-refractivity contribution in [3.05, 3.63) is 0 Å². The first-order valence-electron chi connectivity index (χ1n) is 0.338. The molecule has 32 valence electrons. The maximum Gasteiger partial charge on any atom is 0.0957 e. The van der Waals surface area contributed by atoms with Crippen LogP contribution in [0.4, 0.5) is 0 Å². The molecule has 0 atom stereocenters. The van der Waals surface area contributed by atoms with Crippen LogP contribution in [-0.4, -0.2) is 8.40 Å². The van der Waals surface area contributed by atoms with E-state index < -0.39 is 0 Å². The normalized spacial score (nSPS) is 2.40. The van der Waals surface area contributed by atoms with Gasteiger partial charge in [-0.25, -0.2) is 0 Å². The first-order valence-corrected chi connectivity index (χ1v) is 1.76. The first kappa shape index (κ1) is 16.0. The largest absolute Gasteiger partial charge is 0.324 e. The van der Waals surface area contributed by atoms with Gasteiger partial charge in [-0.05, 0) is 0 Å². The number of hydrogen-bond acceptors (Lipinski definition) is 2. The summed E-state index contributed by atoms with van der Waals surface area (Å²) in [6.45, 7) is 0. The maximum absolute atomic E-state index is 6.81. The molecular formula is H2Br2O2Ti. The van der Waals surface area contributed by atoms with Gasteiger partial charge < -0.3 is 8.40 Å². The Kier molecular flexibility index (Phi) is 148. The molecule has 0 aliphatic carbocycles. The van der Waals surface area contributed by atoms with Gasteiger partial charge in [0.25, 0.3) is 0 Å². The van der Waals surface area contributed by atoms with E-state index in [1.807, 2.05) is 32.5 Å². The van der Waals surface area contributed by atoms with Crippen LogP contribution in [0.25, 0.3) is 0 Å². The van der Waals surface area contributed by atoms with Gasteiger partial charge in [-0.15, -0.1) is 0 Å². The Bertz CT molecular complexity index is 7.61. The van der Waals surface area contributed by atoms with E-state index >= 15 is 0 Å². The van der Waals surface area contributed by atoms with Gasteiger partial charge in [0.15, 0.2) is 0 Å². The van der Waals surface area contributed by atoms with Crippen LogP contribution in [0.3, 0.4) is 0 Å². The Morgan fingerprint density at radius 2 is 0.800 bits per heavy atom. The van der Waals surface area contributed by atoms with Crippen molar-refractivity contribution in [1.29, 1.82) is 0 Å². The molecule has 0 aromatic heterocycles. The monoisotopic (exact) mass is 240 g/mol. The molecule has 0 aromatic rings. The molecule has 0 spiro atoms. The second-order valence-electron chi connectivity index (χ2n) is 0. The Morgan fingerprint density at radius 1 is 0.800 bits per heavy atom. The summed E-state index contributed by atoms with van der Waals surface area (Å²) in [4.78, 5) is 0. The second kappa shape index (κ2) is 46.5. The SMILES string of the molecule is OBr.OBr.[Ti]. The fourth-order valence-corrected chi connectivity index (χ4v) is 0. The molecule has 0 saturated heterocycles. The van der Waals surface area contributed by atoms with Crippen molar-refractivity contribution in [1.82, 2.24) is 0 Å². The third-order valence-electron chi connectivity index (χ3n) is 0. The van der Waals surface area contributed by atoms with Crippen molar-refractivity contribution in [2.75, 3.05) is 0 Å². The predicted octanol–water partition coefficient (Wildman–Crippen LogP) is 0.575. The van der Waals surface area contributed by atoms with Crippen LogP contribution in [0.2, 0.25) is 0 Å². The fraction of sp³-hybridized carbons (Fsp3) is 0. The van der Waals surface area contributed by atoms with Crippen molar-refractivity contribution in [3.8, 4) is 0 Å². The zero-order chi connectivity index (χ0) is 4.00. The van der Waals surface area contributed by atoms with Crippen molar-refractivity contribution < 1.29 is 30.1 Å².